The number of aromatic nitrogens is 1. The van der Waals surface area contributed by atoms with Crippen LogP contribution in [0.5, 0.6) is 11.5 Å². The van der Waals surface area contributed by atoms with Crippen molar-refractivity contribution in [3.8, 4) is 22.6 Å². The standard InChI is InChI=1S/C31H28BrClN2O3/c1-21(14-22(2)36)35-18-26-15-28(33)30(16-29(26)37-19-23-8-7-13-34-17-23)38-20-25-11-6-12-27(31(25)32)24-9-4-3-5-10-24/h3-17,35H,18-20H2,1-2H3/b21-14+. The van der Waals surface area contributed by atoms with Crippen LogP contribution in [0, 0.1) is 0 Å². The Labute approximate surface area is 236 Å². The summed E-state index contributed by atoms with van der Waals surface area (Å²) in [6.45, 7) is 4.46. The molecule has 1 aromatic heterocycles. The Hall–Kier alpha value is -3.61. The molecule has 38 heavy (non-hydrogen) atoms. The highest BCUT2D eigenvalue weighted by Crippen LogP contribution is 2.36. The van der Waals surface area contributed by atoms with Gasteiger partial charge in [0.05, 0.1) is 5.02 Å². The van der Waals surface area contributed by atoms with Crippen LogP contribution in [0.25, 0.3) is 11.1 Å². The van der Waals surface area contributed by atoms with Gasteiger partial charge in [-0.2, -0.15) is 0 Å². The number of carbonyl (C=O) groups is 1. The lowest BCUT2D eigenvalue weighted by molar-refractivity contribution is -0.112. The fraction of sp³-hybridized carbons (Fsp3) is 0.161. The number of carbonyl (C=O) groups excluding carboxylic acids is 1. The van der Waals surface area contributed by atoms with Crippen LogP contribution >= 0.6 is 27.5 Å². The Bertz CT molecular complexity index is 1430. The molecule has 0 radical (unpaired) electrons. The molecule has 1 heterocycles. The molecule has 5 nitrogen and oxygen atoms in total. The number of nitrogens with one attached hydrogen (secondary N) is 1. The molecule has 4 rings (SSSR count). The molecule has 0 saturated heterocycles. The van der Waals surface area contributed by atoms with E-state index in [1.54, 1.807) is 18.5 Å². The number of pyridine rings is 1. The molecule has 0 spiro atoms. The molecule has 0 aliphatic carbocycles. The van der Waals surface area contributed by atoms with E-state index >= 15 is 0 Å². The summed E-state index contributed by atoms with van der Waals surface area (Å²) in [4.78, 5) is 15.6. The maximum absolute atomic E-state index is 11.4. The van der Waals surface area contributed by atoms with Gasteiger partial charge in [0.15, 0.2) is 5.78 Å². The number of ketones is 1. The summed E-state index contributed by atoms with van der Waals surface area (Å²) in [7, 11) is 0. The maximum Gasteiger partial charge on any atom is 0.154 e. The molecule has 0 bridgehead atoms. The van der Waals surface area contributed by atoms with Crippen molar-refractivity contribution < 1.29 is 14.3 Å². The van der Waals surface area contributed by atoms with Gasteiger partial charge in [-0.1, -0.05) is 66.2 Å². The van der Waals surface area contributed by atoms with E-state index < -0.39 is 0 Å². The summed E-state index contributed by atoms with van der Waals surface area (Å²) >= 11 is 10.4. The van der Waals surface area contributed by atoms with Gasteiger partial charge in [0.1, 0.15) is 24.7 Å². The smallest absolute Gasteiger partial charge is 0.154 e. The Morgan fingerprint density at radius 1 is 0.947 bits per heavy atom. The third-order valence-corrected chi connectivity index (χ3v) is 6.99. The summed E-state index contributed by atoms with van der Waals surface area (Å²) in [6, 6.07) is 23.8. The second kappa shape index (κ2) is 13.3. The predicted octanol–water partition coefficient (Wildman–Crippen LogP) is 7.90. The molecule has 194 valence electrons. The van der Waals surface area contributed by atoms with Gasteiger partial charge in [-0.05, 0) is 59.1 Å². The topological polar surface area (TPSA) is 60.5 Å². The van der Waals surface area contributed by atoms with E-state index in [-0.39, 0.29) is 5.78 Å². The average Bonchev–Trinajstić information content (AvgIpc) is 2.92. The lowest BCUT2D eigenvalue weighted by Crippen LogP contribution is -2.13. The molecule has 0 unspecified atom stereocenters. The molecule has 1 N–H and O–H groups in total. The SMILES string of the molecule is CC(=O)/C=C(\C)NCc1cc(Cl)c(OCc2cccc(-c3ccccc3)c2Br)cc1OCc1cccnc1. The number of allylic oxidation sites excluding steroid dienone is 2. The van der Waals surface area contributed by atoms with E-state index in [0.29, 0.717) is 36.3 Å². The summed E-state index contributed by atoms with van der Waals surface area (Å²) in [6.07, 6.45) is 5.04. The predicted molar refractivity (Wildman–Crippen MR) is 155 cm³/mol. The lowest BCUT2D eigenvalue weighted by atomic mass is 10.0. The Balaban J connectivity index is 1.56. The van der Waals surface area contributed by atoms with Crippen LogP contribution in [0.15, 0.2) is 101 Å². The van der Waals surface area contributed by atoms with Crippen molar-refractivity contribution in [2.75, 3.05) is 0 Å². The third-order valence-electron chi connectivity index (χ3n) is 5.76. The van der Waals surface area contributed by atoms with Gasteiger partial charge < -0.3 is 14.8 Å². The van der Waals surface area contributed by atoms with Gasteiger partial charge in [0, 0.05) is 51.9 Å². The fourth-order valence-electron chi connectivity index (χ4n) is 3.88. The van der Waals surface area contributed by atoms with Crippen LogP contribution in [-0.2, 0) is 24.6 Å². The first-order valence-corrected chi connectivity index (χ1v) is 13.3. The highest BCUT2D eigenvalue weighted by molar-refractivity contribution is 9.10. The number of rotatable bonds is 11. The van der Waals surface area contributed by atoms with Gasteiger partial charge in [-0.3, -0.25) is 9.78 Å². The molecule has 0 atom stereocenters. The van der Waals surface area contributed by atoms with E-state index in [2.05, 4.69) is 44.4 Å². The number of ether oxygens (including phenoxy) is 2. The van der Waals surface area contributed by atoms with Crippen molar-refractivity contribution in [2.24, 2.45) is 0 Å². The highest BCUT2D eigenvalue weighted by atomic mass is 79.9. The van der Waals surface area contributed by atoms with Crippen LogP contribution < -0.4 is 14.8 Å². The van der Waals surface area contributed by atoms with Crippen molar-refractivity contribution >= 4 is 33.3 Å². The van der Waals surface area contributed by atoms with E-state index in [1.807, 2.05) is 61.5 Å². The first kappa shape index (κ1) is 27.4. The van der Waals surface area contributed by atoms with E-state index in [0.717, 1.165) is 38.0 Å². The molecule has 0 aliphatic heterocycles. The van der Waals surface area contributed by atoms with Crippen LogP contribution in [-0.4, -0.2) is 10.8 Å². The summed E-state index contributed by atoms with van der Waals surface area (Å²) < 4.78 is 13.3. The minimum atomic E-state index is -0.0210. The Morgan fingerprint density at radius 2 is 1.74 bits per heavy atom. The van der Waals surface area contributed by atoms with Crippen LogP contribution in [0.2, 0.25) is 5.02 Å². The number of hydrogen-bond acceptors (Lipinski definition) is 5. The molecular weight excluding hydrogens is 564 g/mol. The quantitative estimate of drug-likeness (QED) is 0.180. The summed E-state index contributed by atoms with van der Waals surface area (Å²) in [5.74, 6) is 1.13. The number of nitrogens with zero attached hydrogens (tertiary/aromatic N) is 1. The van der Waals surface area contributed by atoms with Crippen molar-refractivity contribution in [1.82, 2.24) is 10.3 Å². The number of benzene rings is 3. The Morgan fingerprint density at radius 3 is 2.47 bits per heavy atom. The Kier molecular flexibility index (Phi) is 9.57. The van der Waals surface area contributed by atoms with Gasteiger partial charge >= 0.3 is 0 Å². The first-order chi connectivity index (χ1) is 18.4. The summed E-state index contributed by atoms with van der Waals surface area (Å²) in [5.41, 5.74) is 5.75. The van der Waals surface area contributed by atoms with Crippen molar-refractivity contribution in [3.63, 3.8) is 0 Å². The van der Waals surface area contributed by atoms with Crippen LogP contribution in [0.1, 0.15) is 30.5 Å². The van der Waals surface area contributed by atoms with Gasteiger partial charge in [0.25, 0.3) is 0 Å². The molecule has 0 fully saturated rings. The molecule has 4 aromatic rings. The van der Waals surface area contributed by atoms with Gasteiger partial charge in [-0.15, -0.1) is 0 Å². The van der Waals surface area contributed by atoms with Crippen molar-refractivity contribution in [3.05, 3.63) is 123 Å². The van der Waals surface area contributed by atoms with Crippen LogP contribution in [0.3, 0.4) is 0 Å². The molecule has 0 aliphatic rings. The largest absolute Gasteiger partial charge is 0.488 e. The molecule has 0 amide bonds. The van der Waals surface area contributed by atoms with E-state index in [4.69, 9.17) is 21.1 Å². The zero-order valence-corrected chi connectivity index (χ0v) is 23.6. The molecule has 3 aromatic carbocycles. The van der Waals surface area contributed by atoms with Crippen LogP contribution in [0.4, 0.5) is 0 Å². The van der Waals surface area contributed by atoms with Gasteiger partial charge in [-0.25, -0.2) is 0 Å². The monoisotopic (exact) mass is 590 g/mol. The summed E-state index contributed by atoms with van der Waals surface area (Å²) in [5, 5.41) is 3.72. The minimum absolute atomic E-state index is 0.0210. The number of halogens is 2. The highest BCUT2D eigenvalue weighted by Gasteiger charge is 2.14. The maximum atomic E-state index is 11.4. The fourth-order valence-corrected chi connectivity index (χ4v) is 4.73. The average molecular weight is 592 g/mol. The van der Waals surface area contributed by atoms with Gasteiger partial charge in [0.2, 0.25) is 0 Å². The lowest BCUT2D eigenvalue weighted by Gasteiger charge is -2.17. The van der Waals surface area contributed by atoms with Crippen molar-refractivity contribution in [1.29, 1.82) is 0 Å². The van der Waals surface area contributed by atoms with E-state index in [9.17, 15) is 4.79 Å². The van der Waals surface area contributed by atoms with E-state index in [1.165, 1.54) is 6.92 Å². The van der Waals surface area contributed by atoms with Crippen molar-refractivity contribution in [2.45, 2.75) is 33.6 Å². The zero-order valence-electron chi connectivity index (χ0n) is 21.2. The third kappa shape index (κ3) is 7.46. The second-order valence-electron chi connectivity index (χ2n) is 8.77. The molecule has 0 saturated carbocycles. The normalized spacial score (nSPS) is 11.2. The minimum Gasteiger partial charge on any atom is -0.488 e. The first-order valence-electron chi connectivity index (χ1n) is 12.1. The second-order valence-corrected chi connectivity index (χ2v) is 9.97. The molecular formula is C31H28BrClN2O3. The molecule has 7 heteroatoms. The number of hydrogen-bond donors (Lipinski definition) is 1. The zero-order chi connectivity index (χ0) is 26.9.